The van der Waals surface area contributed by atoms with E-state index in [1.807, 2.05) is 26.0 Å². The molecule has 0 bridgehead atoms. The lowest BCUT2D eigenvalue weighted by atomic mass is 9.93. The van der Waals surface area contributed by atoms with Gasteiger partial charge in [-0.3, -0.25) is 9.47 Å². The molecular weight excluding hydrogens is 397 g/mol. The lowest BCUT2D eigenvalue weighted by Crippen LogP contribution is -2.45. The lowest BCUT2D eigenvalue weighted by molar-refractivity contribution is 0.0535. The quantitative estimate of drug-likeness (QED) is 0.654. The van der Waals surface area contributed by atoms with Crippen molar-refractivity contribution in [2.75, 3.05) is 19.6 Å². The fraction of sp³-hybridized carbons (Fsp3) is 0.348. The minimum Gasteiger partial charge on any atom is -0.457 e. The zero-order valence-electron chi connectivity index (χ0n) is 17.6. The number of aryl methyl sites for hydroxylation is 1. The highest BCUT2D eigenvalue weighted by molar-refractivity contribution is 5.94. The highest BCUT2D eigenvalue weighted by Gasteiger charge is 2.28. The first-order valence-corrected chi connectivity index (χ1v) is 10.4. The summed E-state index contributed by atoms with van der Waals surface area (Å²) in [6.45, 7) is 7.36. The number of hydrogen-bond donors (Lipinski definition) is 1. The maximum absolute atomic E-state index is 14.7. The number of esters is 1. The number of nitrogens with zero attached hydrogens (tertiary/aromatic N) is 4. The third kappa shape index (κ3) is 3.73. The molecule has 5 rings (SSSR count). The molecule has 1 aromatic carbocycles. The Hall–Kier alpha value is -3.10. The van der Waals surface area contributed by atoms with Crippen molar-refractivity contribution in [2.45, 2.75) is 33.0 Å². The highest BCUT2D eigenvalue weighted by Crippen LogP contribution is 2.30. The van der Waals surface area contributed by atoms with E-state index in [2.05, 4.69) is 20.2 Å². The summed E-state index contributed by atoms with van der Waals surface area (Å²) in [7, 11) is 0. The van der Waals surface area contributed by atoms with Crippen molar-refractivity contribution in [3.05, 3.63) is 76.2 Å². The number of pyridine rings is 1. The van der Waals surface area contributed by atoms with E-state index >= 15 is 0 Å². The first-order valence-electron chi connectivity index (χ1n) is 10.4. The van der Waals surface area contributed by atoms with Crippen LogP contribution in [0.5, 0.6) is 0 Å². The maximum atomic E-state index is 14.7. The molecule has 31 heavy (non-hydrogen) atoms. The fourth-order valence-corrected chi connectivity index (χ4v) is 4.45. The smallest absolute Gasteiger partial charge is 0.338 e. The normalized spacial score (nSPS) is 18.8. The Morgan fingerprint density at radius 3 is 2.94 bits per heavy atom. The van der Waals surface area contributed by atoms with Crippen LogP contribution in [0.4, 0.5) is 4.39 Å². The standard InChI is InChI=1S/C23H24FN5O2/c1-14-9-29(13-27-14)22-20(24)7-16(8-26-22)10-28-6-5-25-21(11-28)17-3-4-18-19(15(17)2)12-31-23(18)30/h3-4,7-9,13,21,25H,5-6,10-12H2,1-2H3/t21-/m0/s1. The number of nitrogens with one attached hydrogen (secondary N) is 1. The second-order valence-electron chi connectivity index (χ2n) is 8.20. The molecule has 8 heteroatoms. The van der Waals surface area contributed by atoms with Crippen LogP contribution in [0.3, 0.4) is 0 Å². The molecule has 4 heterocycles. The van der Waals surface area contributed by atoms with Gasteiger partial charge in [-0.25, -0.2) is 19.2 Å². The molecular formula is C23H24FN5O2. The third-order valence-corrected chi connectivity index (χ3v) is 6.08. The van der Waals surface area contributed by atoms with E-state index in [0.717, 1.165) is 42.0 Å². The molecule has 2 aromatic heterocycles. The van der Waals surface area contributed by atoms with Crippen molar-refractivity contribution in [1.29, 1.82) is 0 Å². The number of carbonyl (C=O) groups is 1. The summed E-state index contributed by atoms with van der Waals surface area (Å²) in [4.78, 5) is 22.6. The lowest BCUT2D eigenvalue weighted by Gasteiger charge is -2.34. The molecule has 0 saturated carbocycles. The third-order valence-electron chi connectivity index (χ3n) is 6.08. The number of rotatable bonds is 4. The molecule has 3 aromatic rings. The average molecular weight is 421 g/mol. The van der Waals surface area contributed by atoms with Crippen LogP contribution < -0.4 is 5.32 Å². The van der Waals surface area contributed by atoms with Crippen molar-refractivity contribution in [1.82, 2.24) is 24.8 Å². The van der Waals surface area contributed by atoms with Gasteiger partial charge in [-0.2, -0.15) is 0 Å². The molecule has 7 nitrogen and oxygen atoms in total. The van der Waals surface area contributed by atoms with Gasteiger partial charge in [-0.15, -0.1) is 0 Å². The minimum absolute atomic E-state index is 0.140. The summed E-state index contributed by atoms with van der Waals surface area (Å²) >= 11 is 0. The van der Waals surface area contributed by atoms with Crippen molar-refractivity contribution in [3.63, 3.8) is 0 Å². The van der Waals surface area contributed by atoms with Crippen molar-refractivity contribution >= 4 is 5.97 Å². The summed E-state index contributed by atoms with van der Waals surface area (Å²) in [5.41, 5.74) is 5.59. The van der Waals surface area contributed by atoms with E-state index < -0.39 is 0 Å². The molecule has 1 N–H and O–H groups in total. The Morgan fingerprint density at radius 2 is 2.16 bits per heavy atom. The predicted octanol–water partition coefficient (Wildman–Crippen LogP) is 2.84. The van der Waals surface area contributed by atoms with Gasteiger partial charge in [0.05, 0.1) is 11.3 Å². The zero-order chi connectivity index (χ0) is 21.5. The summed E-state index contributed by atoms with van der Waals surface area (Å²) in [5, 5.41) is 3.57. The summed E-state index contributed by atoms with van der Waals surface area (Å²) in [6.07, 6.45) is 5.05. The SMILES string of the molecule is Cc1cn(-c2ncc(CN3CCN[C@H](c4ccc5c(c4C)COC5=O)C3)cc2F)cn1. The number of hydrogen-bond acceptors (Lipinski definition) is 6. The summed E-state index contributed by atoms with van der Waals surface area (Å²) < 4.78 is 21.5. The average Bonchev–Trinajstić information content (AvgIpc) is 3.35. The van der Waals surface area contributed by atoms with Gasteiger partial charge in [-0.1, -0.05) is 6.07 Å². The largest absolute Gasteiger partial charge is 0.457 e. The summed E-state index contributed by atoms with van der Waals surface area (Å²) in [6, 6.07) is 5.58. The Kier molecular flexibility index (Phi) is 5.03. The molecule has 2 aliphatic heterocycles. The molecule has 0 radical (unpaired) electrons. The van der Waals surface area contributed by atoms with Gasteiger partial charge in [0, 0.05) is 50.2 Å². The molecule has 0 spiro atoms. The fourth-order valence-electron chi connectivity index (χ4n) is 4.45. The van der Waals surface area contributed by atoms with Crippen LogP contribution in [0, 0.1) is 19.7 Å². The van der Waals surface area contributed by atoms with Crippen LogP contribution in [0.15, 0.2) is 36.9 Å². The number of ether oxygens (including phenoxy) is 1. The molecule has 160 valence electrons. The Bertz CT molecular complexity index is 1160. The highest BCUT2D eigenvalue weighted by atomic mass is 19.1. The van der Waals surface area contributed by atoms with E-state index in [1.54, 1.807) is 29.4 Å². The van der Waals surface area contributed by atoms with Crippen LogP contribution in [-0.4, -0.2) is 45.0 Å². The van der Waals surface area contributed by atoms with E-state index in [1.165, 1.54) is 5.56 Å². The van der Waals surface area contributed by atoms with Crippen LogP contribution in [0.25, 0.3) is 5.82 Å². The van der Waals surface area contributed by atoms with Crippen LogP contribution >= 0.6 is 0 Å². The van der Waals surface area contributed by atoms with E-state index in [0.29, 0.717) is 18.7 Å². The van der Waals surface area contributed by atoms with Crippen molar-refractivity contribution < 1.29 is 13.9 Å². The van der Waals surface area contributed by atoms with Gasteiger partial charge in [0.25, 0.3) is 0 Å². The van der Waals surface area contributed by atoms with E-state index in [-0.39, 0.29) is 23.6 Å². The molecule has 1 atom stereocenters. The minimum atomic E-state index is -0.360. The van der Waals surface area contributed by atoms with Crippen molar-refractivity contribution in [2.24, 2.45) is 0 Å². The monoisotopic (exact) mass is 421 g/mol. The Labute approximate surface area is 179 Å². The van der Waals surface area contributed by atoms with Crippen molar-refractivity contribution in [3.8, 4) is 5.82 Å². The van der Waals surface area contributed by atoms with Gasteiger partial charge in [0.1, 0.15) is 12.9 Å². The number of carbonyl (C=O) groups excluding carboxylic acids is 1. The van der Waals surface area contributed by atoms with Gasteiger partial charge in [-0.05, 0) is 42.7 Å². The van der Waals surface area contributed by atoms with E-state index in [4.69, 9.17) is 4.74 Å². The van der Waals surface area contributed by atoms with Gasteiger partial charge < -0.3 is 10.1 Å². The predicted molar refractivity (Wildman–Crippen MR) is 112 cm³/mol. The first-order chi connectivity index (χ1) is 15.0. The van der Waals surface area contributed by atoms with Gasteiger partial charge >= 0.3 is 5.97 Å². The second kappa shape index (κ2) is 7.86. The van der Waals surface area contributed by atoms with Gasteiger partial charge in [0.2, 0.25) is 0 Å². The molecule has 2 aliphatic rings. The zero-order valence-corrected chi connectivity index (χ0v) is 17.6. The molecule has 1 saturated heterocycles. The molecule has 0 unspecified atom stereocenters. The Morgan fingerprint density at radius 1 is 1.29 bits per heavy atom. The van der Waals surface area contributed by atoms with Crippen LogP contribution in [-0.2, 0) is 17.9 Å². The van der Waals surface area contributed by atoms with Crippen LogP contribution in [0.1, 0.15) is 44.3 Å². The topological polar surface area (TPSA) is 72.3 Å². The molecule has 1 fully saturated rings. The molecule has 0 amide bonds. The number of cyclic esters (lactones) is 1. The van der Waals surface area contributed by atoms with Crippen LogP contribution in [0.2, 0.25) is 0 Å². The van der Waals surface area contributed by atoms with E-state index in [9.17, 15) is 9.18 Å². The number of aromatic nitrogens is 3. The Balaban J connectivity index is 1.31. The molecule has 0 aliphatic carbocycles. The number of piperazine rings is 1. The van der Waals surface area contributed by atoms with Gasteiger partial charge in [0.15, 0.2) is 11.6 Å². The number of fused-ring (bicyclic) bond motifs is 1. The number of benzene rings is 1. The second-order valence-corrected chi connectivity index (χ2v) is 8.20. The first kappa shape index (κ1) is 19.8. The number of imidazole rings is 1. The summed E-state index contributed by atoms with van der Waals surface area (Å²) in [5.74, 6) is -0.347. The maximum Gasteiger partial charge on any atom is 0.338 e. The number of halogens is 1.